The molecular formula is C17H21F3N4O. The van der Waals surface area contributed by atoms with Crippen molar-refractivity contribution in [3.63, 3.8) is 0 Å². The number of alkyl halides is 3. The van der Waals surface area contributed by atoms with Crippen molar-refractivity contribution < 1.29 is 18.0 Å². The number of nitriles is 1. The molecule has 0 unspecified atom stereocenters. The summed E-state index contributed by atoms with van der Waals surface area (Å²) in [5, 5.41) is 13.8. The Balaban J connectivity index is 3.05. The summed E-state index contributed by atoms with van der Waals surface area (Å²) < 4.78 is 37.7. The third-order valence-corrected chi connectivity index (χ3v) is 3.14. The average Bonchev–Trinajstić information content (AvgIpc) is 2.54. The molecule has 0 heterocycles. The smallest absolute Gasteiger partial charge is 0.358 e. The molecule has 1 rings (SSSR count). The number of carbonyl (C=O) groups excluding carboxylic acids is 1. The van der Waals surface area contributed by atoms with Crippen molar-refractivity contribution in [2.24, 2.45) is 10.9 Å². The molecule has 2 N–H and O–H groups in total. The van der Waals surface area contributed by atoms with Crippen LogP contribution in [0.15, 0.2) is 35.3 Å². The largest absolute Gasteiger partial charge is 0.408 e. The Morgan fingerprint density at radius 2 is 1.92 bits per heavy atom. The third-order valence-electron chi connectivity index (χ3n) is 3.14. The van der Waals surface area contributed by atoms with Crippen molar-refractivity contribution in [3.8, 4) is 6.07 Å². The summed E-state index contributed by atoms with van der Waals surface area (Å²) in [7, 11) is 0. The zero-order valence-electron chi connectivity index (χ0n) is 14.1. The summed E-state index contributed by atoms with van der Waals surface area (Å²) in [4.78, 5) is 15.8. The van der Waals surface area contributed by atoms with Crippen LogP contribution in [0.25, 0.3) is 0 Å². The molecule has 0 fully saturated rings. The van der Waals surface area contributed by atoms with Crippen LogP contribution in [-0.4, -0.2) is 37.1 Å². The van der Waals surface area contributed by atoms with E-state index in [2.05, 4.69) is 15.6 Å². The van der Waals surface area contributed by atoms with Crippen LogP contribution >= 0.6 is 0 Å². The van der Waals surface area contributed by atoms with Crippen LogP contribution in [0, 0.1) is 17.2 Å². The first-order chi connectivity index (χ1) is 11.7. The van der Waals surface area contributed by atoms with Crippen molar-refractivity contribution >= 4 is 11.7 Å². The van der Waals surface area contributed by atoms with Gasteiger partial charge in [0.25, 0.3) is 0 Å². The lowest BCUT2D eigenvalue weighted by atomic mass is 10.0. The van der Waals surface area contributed by atoms with E-state index in [1.54, 1.807) is 36.4 Å². The molecule has 0 aliphatic rings. The van der Waals surface area contributed by atoms with Crippen LogP contribution in [0.2, 0.25) is 0 Å². The molecule has 0 saturated carbocycles. The fourth-order valence-electron chi connectivity index (χ4n) is 2.10. The summed E-state index contributed by atoms with van der Waals surface area (Å²) in [6.07, 6.45) is -4.06. The zero-order chi connectivity index (χ0) is 18.9. The van der Waals surface area contributed by atoms with Crippen LogP contribution in [0.3, 0.4) is 0 Å². The number of nitrogens with zero attached hydrogens (tertiary/aromatic N) is 2. The molecule has 0 aliphatic carbocycles. The second-order valence-electron chi connectivity index (χ2n) is 5.85. The number of carbonyl (C=O) groups is 1. The van der Waals surface area contributed by atoms with E-state index in [4.69, 9.17) is 5.26 Å². The number of amidine groups is 1. The minimum absolute atomic E-state index is 0.00400. The van der Waals surface area contributed by atoms with E-state index in [9.17, 15) is 18.0 Å². The lowest BCUT2D eigenvalue weighted by Gasteiger charge is -2.22. The number of halogens is 3. The molecule has 5 nitrogen and oxygen atoms in total. The normalized spacial score (nSPS) is 13.2. The number of rotatable bonds is 7. The number of hydrogen-bond acceptors (Lipinski definition) is 3. The minimum atomic E-state index is -4.45. The maximum absolute atomic E-state index is 12.6. The molecule has 1 atom stereocenters. The Morgan fingerprint density at radius 3 is 2.44 bits per heavy atom. The van der Waals surface area contributed by atoms with Gasteiger partial charge >= 0.3 is 6.18 Å². The first kappa shape index (κ1) is 20.5. The van der Waals surface area contributed by atoms with Crippen LogP contribution in [0.1, 0.15) is 25.8 Å². The summed E-state index contributed by atoms with van der Waals surface area (Å²) in [5.74, 6) is -0.341. The highest BCUT2D eigenvalue weighted by molar-refractivity contribution is 6.01. The van der Waals surface area contributed by atoms with Gasteiger partial charge in [0.15, 0.2) is 0 Å². The Bertz CT molecular complexity index is 621. The molecule has 0 bridgehead atoms. The van der Waals surface area contributed by atoms with Gasteiger partial charge in [-0.2, -0.15) is 18.4 Å². The van der Waals surface area contributed by atoms with Crippen LogP contribution < -0.4 is 10.6 Å². The average molecular weight is 354 g/mol. The molecule has 8 heteroatoms. The van der Waals surface area contributed by atoms with Gasteiger partial charge in [0.05, 0.1) is 6.07 Å². The maximum Gasteiger partial charge on any atom is 0.408 e. The van der Waals surface area contributed by atoms with Crippen molar-refractivity contribution in [2.45, 2.75) is 32.5 Å². The second-order valence-corrected chi connectivity index (χ2v) is 5.85. The number of amides is 1. The fourth-order valence-corrected chi connectivity index (χ4v) is 2.10. The number of nitrogens with one attached hydrogen (secondary N) is 2. The van der Waals surface area contributed by atoms with Crippen LogP contribution in [0.4, 0.5) is 13.2 Å². The van der Waals surface area contributed by atoms with Crippen LogP contribution in [0.5, 0.6) is 0 Å². The number of aliphatic imine (C=N–C) groups is 1. The summed E-state index contributed by atoms with van der Waals surface area (Å²) in [6.45, 7) is 2.26. The molecule has 1 aromatic carbocycles. The monoisotopic (exact) mass is 354 g/mol. The van der Waals surface area contributed by atoms with E-state index >= 15 is 0 Å². The van der Waals surface area contributed by atoms with E-state index in [-0.39, 0.29) is 18.3 Å². The van der Waals surface area contributed by atoms with E-state index in [1.807, 2.05) is 13.8 Å². The van der Waals surface area contributed by atoms with Crippen LogP contribution in [-0.2, 0) is 4.79 Å². The molecule has 0 spiro atoms. The topological polar surface area (TPSA) is 77.3 Å². The van der Waals surface area contributed by atoms with Gasteiger partial charge in [-0.25, -0.2) is 0 Å². The quantitative estimate of drug-likeness (QED) is 0.449. The highest BCUT2D eigenvalue weighted by Gasteiger charge is 2.28. The zero-order valence-corrected chi connectivity index (χ0v) is 14.1. The molecule has 25 heavy (non-hydrogen) atoms. The Kier molecular flexibility index (Phi) is 7.92. The summed E-state index contributed by atoms with van der Waals surface area (Å²) in [6, 6.07) is 9.31. The van der Waals surface area contributed by atoms with E-state index in [1.165, 1.54) is 0 Å². The van der Waals surface area contributed by atoms with Gasteiger partial charge in [-0.3, -0.25) is 9.79 Å². The molecule has 136 valence electrons. The predicted molar refractivity (Wildman–Crippen MR) is 88.9 cm³/mol. The molecule has 1 amide bonds. The number of benzene rings is 1. The molecule has 0 radical (unpaired) electrons. The first-order valence-electron chi connectivity index (χ1n) is 7.80. The predicted octanol–water partition coefficient (Wildman–Crippen LogP) is 2.64. The summed E-state index contributed by atoms with van der Waals surface area (Å²) >= 11 is 0. The highest BCUT2D eigenvalue weighted by atomic mass is 19.4. The SMILES string of the molecule is CC(C)C[C@H](NC(=NCC(F)(F)F)c1ccccc1)C(=O)NCC#N. The Labute approximate surface area is 144 Å². The minimum Gasteiger partial charge on any atom is -0.358 e. The molecular weight excluding hydrogens is 333 g/mol. The number of hydrogen-bond donors (Lipinski definition) is 2. The Hall–Kier alpha value is -2.56. The van der Waals surface area contributed by atoms with Gasteiger partial charge in [0.1, 0.15) is 25.0 Å². The van der Waals surface area contributed by atoms with E-state index < -0.39 is 24.7 Å². The van der Waals surface area contributed by atoms with Gasteiger partial charge in [0, 0.05) is 5.56 Å². The Morgan fingerprint density at radius 1 is 1.28 bits per heavy atom. The second kappa shape index (κ2) is 9.67. The lowest BCUT2D eigenvalue weighted by Crippen LogP contribution is -2.48. The van der Waals surface area contributed by atoms with Gasteiger partial charge in [0.2, 0.25) is 5.91 Å². The summed E-state index contributed by atoms with van der Waals surface area (Å²) in [5.41, 5.74) is 0.452. The van der Waals surface area contributed by atoms with E-state index in [0.717, 1.165) is 0 Å². The van der Waals surface area contributed by atoms with Gasteiger partial charge in [-0.05, 0) is 12.3 Å². The highest BCUT2D eigenvalue weighted by Crippen LogP contribution is 2.15. The standard InChI is InChI=1S/C17H21F3N4O/c1-12(2)10-14(16(25)22-9-8-21)24-15(23-11-17(18,19)20)13-6-4-3-5-7-13/h3-7,12,14H,9-11H2,1-2H3,(H,22,25)(H,23,24)/t14-/m0/s1. The fraction of sp³-hybridized carbons (Fsp3) is 0.471. The van der Waals surface area contributed by atoms with Gasteiger partial charge in [-0.1, -0.05) is 44.2 Å². The molecule has 0 aromatic heterocycles. The van der Waals surface area contributed by atoms with Crippen molar-refractivity contribution in [3.05, 3.63) is 35.9 Å². The molecule has 0 saturated heterocycles. The van der Waals surface area contributed by atoms with Gasteiger partial charge in [-0.15, -0.1) is 0 Å². The van der Waals surface area contributed by atoms with Crippen molar-refractivity contribution in [2.75, 3.05) is 13.1 Å². The molecule has 1 aromatic rings. The van der Waals surface area contributed by atoms with Gasteiger partial charge < -0.3 is 10.6 Å². The lowest BCUT2D eigenvalue weighted by molar-refractivity contribution is -0.122. The first-order valence-corrected chi connectivity index (χ1v) is 7.80. The maximum atomic E-state index is 12.6. The third kappa shape index (κ3) is 8.20. The molecule has 0 aliphatic heterocycles. The van der Waals surface area contributed by atoms with Crippen molar-refractivity contribution in [1.29, 1.82) is 5.26 Å². The van der Waals surface area contributed by atoms with E-state index in [0.29, 0.717) is 12.0 Å². The van der Waals surface area contributed by atoms with Crippen molar-refractivity contribution in [1.82, 2.24) is 10.6 Å².